The maximum atomic E-state index is 12.5. The van der Waals surface area contributed by atoms with Gasteiger partial charge in [-0.25, -0.2) is 0 Å². The van der Waals surface area contributed by atoms with E-state index in [1.807, 2.05) is 0 Å². The molecule has 3 N–H and O–H groups in total. The van der Waals surface area contributed by atoms with E-state index in [9.17, 15) is 35.2 Å². The topological polar surface area (TPSA) is 178 Å². The van der Waals surface area contributed by atoms with E-state index in [0.29, 0.717) is 0 Å². The Hall–Kier alpha value is -4.00. The van der Waals surface area contributed by atoms with Crippen LogP contribution in [0.25, 0.3) is 0 Å². The number of nitrogens with one attached hydrogen (secondary N) is 1. The first kappa shape index (κ1) is 24.6. The van der Waals surface area contributed by atoms with Crippen molar-refractivity contribution >= 4 is 28.9 Å². The lowest BCUT2D eigenvalue weighted by molar-refractivity contribution is -0.385. The monoisotopic (exact) mass is 491 g/mol. The quantitative estimate of drug-likeness (QED) is 0.283. The van der Waals surface area contributed by atoms with Crippen LogP contribution in [-0.4, -0.2) is 38.6 Å². The number of amides is 1. The van der Waals surface area contributed by atoms with Gasteiger partial charge in [0.05, 0.1) is 27.5 Å². The average molecular weight is 492 g/mol. The van der Waals surface area contributed by atoms with E-state index < -0.39 is 34.5 Å². The van der Waals surface area contributed by atoms with Crippen LogP contribution in [-0.2, 0) is 6.61 Å². The van der Waals surface area contributed by atoms with Gasteiger partial charge in [0.1, 0.15) is 24.2 Å². The second-order valence-electron chi connectivity index (χ2n) is 6.98. The Morgan fingerprint density at radius 3 is 2.29 bits per heavy atom. The molecule has 2 unspecified atom stereocenters. The number of carbonyl (C=O) groups excluding carboxylic acids is 1. The molecule has 0 saturated carbocycles. The van der Waals surface area contributed by atoms with E-state index in [2.05, 4.69) is 5.32 Å². The highest BCUT2D eigenvalue weighted by atomic mass is 35.5. The fourth-order valence-electron chi connectivity index (χ4n) is 2.94. The van der Waals surface area contributed by atoms with Crippen LogP contribution in [0.15, 0.2) is 59.0 Å². The molecule has 0 aliphatic carbocycles. The summed E-state index contributed by atoms with van der Waals surface area (Å²) in [5.74, 6) is -0.417. The number of aliphatic hydroxyl groups is 2. The van der Waals surface area contributed by atoms with Crippen LogP contribution in [0, 0.1) is 20.2 Å². The van der Waals surface area contributed by atoms with Crippen LogP contribution in [0.3, 0.4) is 0 Å². The Bertz CT molecular complexity index is 1200. The summed E-state index contributed by atoms with van der Waals surface area (Å²) in [6, 6.07) is 10.5. The van der Waals surface area contributed by atoms with Gasteiger partial charge in [0.15, 0.2) is 5.76 Å². The van der Waals surface area contributed by atoms with Crippen LogP contribution < -0.4 is 10.1 Å². The Kier molecular flexibility index (Phi) is 7.79. The van der Waals surface area contributed by atoms with Crippen LogP contribution in [0.4, 0.5) is 11.4 Å². The van der Waals surface area contributed by atoms with E-state index in [-0.39, 0.29) is 45.8 Å². The number of nitro groups is 2. The van der Waals surface area contributed by atoms with E-state index >= 15 is 0 Å². The number of nitro benzene ring substituents is 2. The lowest BCUT2D eigenvalue weighted by Crippen LogP contribution is -2.41. The Morgan fingerprint density at radius 1 is 1.06 bits per heavy atom. The average Bonchev–Trinajstić information content (AvgIpc) is 3.30. The first-order chi connectivity index (χ1) is 16.2. The molecule has 13 heteroatoms. The van der Waals surface area contributed by atoms with Crippen LogP contribution in [0.1, 0.15) is 28.0 Å². The summed E-state index contributed by atoms with van der Waals surface area (Å²) < 4.78 is 10.9. The summed E-state index contributed by atoms with van der Waals surface area (Å²) in [6.07, 6.45) is -1.34. The summed E-state index contributed by atoms with van der Waals surface area (Å²) >= 11 is 5.97. The molecule has 0 bridgehead atoms. The number of halogens is 1. The Labute approximate surface area is 196 Å². The number of rotatable bonds is 10. The van der Waals surface area contributed by atoms with E-state index in [0.717, 1.165) is 6.07 Å². The van der Waals surface area contributed by atoms with Gasteiger partial charge in [-0.1, -0.05) is 11.6 Å². The minimum absolute atomic E-state index is 0.0322. The zero-order valence-corrected chi connectivity index (χ0v) is 18.0. The number of hydrogen-bond donors (Lipinski definition) is 3. The molecule has 3 aromatic rings. The zero-order chi connectivity index (χ0) is 24.8. The first-order valence-electron chi connectivity index (χ1n) is 9.69. The number of nitrogens with zero attached hydrogens (tertiary/aromatic N) is 2. The molecule has 2 atom stereocenters. The highest BCUT2D eigenvalue weighted by Gasteiger charge is 2.25. The third kappa shape index (κ3) is 5.86. The van der Waals surface area contributed by atoms with Gasteiger partial charge in [0.2, 0.25) is 0 Å². The second kappa shape index (κ2) is 10.7. The van der Waals surface area contributed by atoms with Crippen molar-refractivity contribution < 1.29 is 34.0 Å². The molecule has 12 nitrogen and oxygen atoms in total. The number of non-ortho nitro benzene ring substituents is 2. The molecule has 1 heterocycles. The summed E-state index contributed by atoms with van der Waals surface area (Å²) in [7, 11) is 0. The smallest absolute Gasteiger partial charge is 0.287 e. The lowest BCUT2D eigenvalue weighted by Gasteiger charge is -2.22. The molecule has 0 saturated heterocycles. The molecule has 34 heavy (non-hydrogen) atoms. The van der Waals surface area contributed by atoms with E-state index in [4.69, 9.17) is 20.8 Å². The standard InChI is InChI=1S/C21H18ClN3O9/c22-16-9-14(25(31)32)5-7-18(16)33-11-15-6-8-19(34-15)21(28)23-17(10-26)20(27)12-1-3-13(4-2-12)24(29)30/h1-9,17,20,26-27H,10-11H2,(H,23,28). The van der Waals surface area contributed by atoms with Crippen molar-refractivity contribution in [2.75, 3.05) is 6.61 Å². The summed E-state index contributed by atoms with van der Waals surface area (Å²) in [5.41, 5.74) is -0.0944. The fourth-order valence-corrected chi connectivity index (χ4v) is 3.17. The third-order valence-electron chi connectivity index (χ3n) is 4.72. The SMILES string of the molecule is O=C(NC(CO)C(O)c1ccc([N+](=O)[O-])cc1)c1ccc(COc2ccc([N+](=O)[O-])cc2Cl)o1. The lowest BCUT2D eigenvalue weighted by atomic mass is 10.0. The summed E-state index contributed by atoms with van der Waals surface area (Å²) in [6.45, 7) is -0.737. The normalized spacial score (nSPS) is 12.6. The Balaban J connectivity index is 1.61. The third-order valence-corrected chi connectivity index (χ3v) is 5.02. The van der Waals surface area contributed by atoms with Crippen molar-refractivity contribution in [2.24, 2.45) is 0 Å². The van der Waals surface area contributed by atoms with Gasteiger partial charge < -0.3 is 24.7 Å². The second-order valence-corrected chi connectivity index (χ2v) is 7.39. The number of carbonyl (C=O) groups is 1. The van der Waals surface area contributed by atoms with Crippen LogP contribution >= 0.6 is 11.6 Å². The molecule has 2 aromatic carbocycles. The number of hydrogen-bond acceptors (Lipinski definition) is 9. The van der Waals surface area contributed by atoms with E-state index in [1.54, 1.807) is 0 Å². The zero-order valence-electron chi connectivity index (χ0n) is 17.3. The molecular weight excluding hydrogens is 474 g/mol. The molecule has 0 spiro atoms. The summed E-state index contributed by atoms with van der Waals surface area (Å²) in [4.78, 5) is 32.8. The van der Waals surface area contributed by atoms with Gasteiger partial charge in [-0.3, -0.25) is 25.0 Å². The van der Waals surface area contributed by atoms with Gasteiger partial charge >= 0.3 is 0 Å². The van der Waals surface area contributed by atoms with Gasteiger partial charge in [-0.2, -0.15) is 0 Å². The molecule has 0 aliphatic rings. The molecular formula is C21H18ClN3O9. The van der Waals surface area contributed by atoms with Crippen molar-refractivity contribution in [2.45, 2.75) is 18.8 Å². The molecule has 0 radical (unpaired) electrons. The molecule has 0 aliphatic heterocycles. The Morgan fingerprint density at radius 2 is 1.71 bits per heavy atom. The highest BCUT2D eigenvalue weighted by molar-refractivity contribution is 6.32. The highest BCUT2D eigenvalue weighted by Crippen LogP contribution is 2.29. The number of furan rings is 1. The largest absolute Gasteiger partial charge is 0.484 e. The number of aliphatic hydroxyl groups excluding tert-OH is 2. The number of benzene rings is 2. The van der Waals surface area contributed by atoms with Gasteiger partial charge in [-0.15, -0.1) is 0 Å². The predicted molar refractivity (Wildman–Crippen MR) is 118 cm³/mol. The molecule has 3 rings (SSSR count). The fraction of sp³-hybridized carbons (Fsp3) is 0.190. The minimum Gasteiger partial charge on any atom is -0.484 e. The van der Waals surface area contributed by atoms with Crippen molar-refractivity contribution in [3.8, 4) is 5.75 Å². The molecule has 1 aromatic heterocycles. The van der Waals surface area contributed by atoms with Crippen molar-refractivity contribution in [1.82, 2.24) is 5.32 Å². The van der Waals surface area contributed by atoms with Gasteiger partial charge in [0.25, 0.3) is 17.3 Å². The van der Waals surface area contributed by atoms with Crippen molar-refractivity contribution in [3.63, 3.8) is 0 Å². The summed E-state index contributed by atoms with van der Waals surface area (Å²) in [5, 5.41) is 44.0. The predicted octanol–water partition coefficient (Wildman–Crippen LogP) is 3.15. The molecule has 178 valence electrons. The van der Waals surface area contributed by atoms with Gasteiger partial charge in [0, 0.05) is 24.3 Å². The maximum absolute atomic E-state index is 12.5. The van der Waals surface area contributed by atoms with Crippen LogP contribution in [0.2, 0.25) is 5.02 Å². The minimum atomic E-state index is -1.34. The molecule has 1 amide bonds. The number of ether oxygens (including phenoxy) is 1. The molecule has 0 fully saturated rings. The van der Waals surface area contributed by atoms with Crippen molar-refractivity contribution in [3.05, 3.63) is 96.9 Å². The maximum Gasteiger partial charge on any atom is 0.287 e. The first-order valence-corrected chi connectivity index (χ1v) is 10.1. The van der Waals surface area contributed by atoms with Gasteiger partial charge in [-0.05, 0) is 35.9 Å². The van der Waals surface area contributed by atoms with E-state index in [1.165, 1.54) is 48.5 Å². The van der Waals surface area contributed by atoms with Crippen LogP contribution in [0.5, 0.6) is 5.75 Å². The van der Waals surface area contributed by atoms with Crippen molar-refractivity contribution in [1.29, 1.82) is 0 Å².